The highest BCUT2D eigenvalue weighted by Gasteiger charge is 2.48. The minimum absolute atomic E-state index is 0.258. The predicted molar refractivity (Wildman–Crippen MR) is 135 cm³/mol. The zero-order chi connectivity index (χ0) is 23.6. The van der Waals surface area contributed by atoms with Crippen LogP contribution in [-0.2, 0) is 43.5 Å². The van der Waals surface area contributed by atoms with Gasteiger partial charge in [0, 0.05) is 12.4 Å². The lowest BCUT2D eigenvalue weighted by molar-refractivity contribution is -0.313. The summed E-state index contributed by atoms with van der Waals surface area (Å²) in [5, 5.41) is 0.586. The molecule has 0 spiro atoms. The maximum absolute atomic E-state index is 6.50. The molecule has 1 heterocycles. The van der Waals surface area contributed by atoms with Crippen LogP contribution in [0.3, 0.4) is 0 Å². The Morgan fingerprint density at radius 1 is 0.618 bits per heavy atom. The van der Waals surface area contributed by atoms with Gasteiger partial charge in [0.15, 0.2) is 6.29 Å². The van der Waals surface area contributed by atoms with Gasteiger partial charge < -0.3 is 23.7 Å². The summed E-state index contributed by atoms with van der Waals surface area (Å²) in [7, 11) is 1.63. The molecular weight excluding hydrogens is 496 g/mol. The van der Waals surface area contributed by atoms with Gasteiger partial charge >= 0.3 is 0 Å². The number of alkyl halides is 1. The van der Waals surface area contributed by atoms with E-state index in [1.165, 1.54) is 0 Å². The molecule has 1 aliphatic heterocycles. The largest absolute Gasteiger partial charge is 0.368 e. The van der Waals surface area contributed by atoms with Crippen molar-refractivity contribution < 1.29 is 23.7 Å². The van der Waals surface area contributed by atoms with Crippen molar-refractivity contribution in [2.75, 3.05) is 12.4 Å². The van der Waals surface area contributed by atoms with E-state index in [0.717, 1.165) is 16.7 Å². The van der Waals surface area contributed by atoms with Crippen molar-refractivity contribution in [2.24, 2.45) is 0 Å². The molecule has 4 rings (SSSR count). The monoisotopic (exact) mass is 526 g/mol. The maximum atomic E-state index is 6.50. The van der Waals surface area contributed by atoms with Crippen molar-refractivity contribution in [3.05, 3.63) is 108 Å². The van der Waals surface area contributed by atoms with Gasteiger partial charge in [0.25, 0.3) is 0 Å². The number of benzene rings is 3. The third-order valence-electron chi connectivity index (χ3n) is 5.83. The molecule has 5 nitrogen and oxygen atoms in total. The van der Waals surface area contributed by atoms with Crippen molar-refractivity contribution in [3.63, 3.8) is 0 Å². The van der Waals surface area contributed by atoms with Gasteiger partial charge in [0.1, 0.15) is 18.3 Å². The van der Waals surface area contributed by atoms with Gasteiger partial charge in [-0.3, -0.25) is 0 Å². The zero-order valence-corrected chi connectivity index (χ0v) is 20.9. The van der Waals surface area contributed by atoms with Crippen LogP contribution in [0, 0.1) is 0 Å². The number of hydrogen-bond acceptors (Lipinski definition) is 5. The quantitative estimate of drug-likeness (QED) is 0.308. The summed E-state index contributed by atoms with van der Waals surface area (Å²) in [4.78, 5) is 0. The van der Waals surface area contributed by atoms with Gasteiger partial charge in [-0.1, -0.05) is 107 Å². The first-order chi connectivity index (χ1) is 16.8. The first-order valence-electron chi connectivity index (χ1n) is 11.5. The summed E-state index contributed by atoms with van der Waals surface area (Å²) in [6.45, 7) is 1.31. The molecule has 0 bridgehead atoms. The van der Waals surface area contributed by atoms with Crippen molar-refractivity contribution >= 4 is 15.9 Å². The van der Waals surface area contributed by atoms with Crippen LogP contribution >= 0.6 is 15.9 Å². The van der Waals surface area contributed by atoms with Crippen LogP contribution < -0.4 is 0 Å². The highest BCUT2D eigenvalue weighted by molar-refractivity contribution is 9.09. The third-order valence-corrected chi connectivity index (χ3v) is 6.47. The first-order valence-corrected chi connectivity index (χ1v) is 12.6. The molecular formula is C28H31BrO5. The number of methoxy groups -OCH3 is 1. The molecule has 180 valence electrons. The van der Waals surface area contributed by atoms with Gasteiger partial charge in [0.2, 0.25) is 0 Å². The van der Waals surface area contributed by atoms with Gasteiger partial charge in [0.05, 0.1) is 25.9 Å². The Labute approximate surface area is 210 Å². The Morgan fingerprint density at radius 2 is 1.03 bits per heavy atom. The van der Waals surface area contributed by atoms with Gasteiger partial charge in [-0.25, -0.2) is 0 Å². The topological polar surface area (TPSA) is 46.2 Å². The van der Waals surface area contributed by atoms with Crippen molar-refractivity contribution in [3.8, 4) is 0 Å². The SMILES string of the molecule is CO[C@H]1O[C@H](CBr)[C@@H](OCc2ccccc2)[C@H](OCc2ccccc2)[C@H]1OCc1ccccc1. The lowest BCUT2D eigenvalue weighted by Crippen LogP contribution is -2.61. The van der Waals surface area contributed by atoms with Gasteiger partial charge in [-0.05, 0) is 16.7 Å². The van der Waals surface area contributed by atoms with E-state index in [2.05, 4.69) is 28.1 Å². The minimum Gasteiger partial charge on any atom is -0.368 e. The molecule has 6 heteroatoms. The molecule has 34 heavy (non-hydrogen) atoms. The molecule has 0 radical (unpaired) electrons. The molecule has 0 N–H and O–H groups in total. The van der Waals surface area contributed by atoms with Crippen LogP contribution in [0.25, 0.3) is 0 Å². The molecule has 1 saturated heterocycles. The predicted octanol–water partition coefficient (Wildman–Crippen LogP) is 5.51. The highest BCUT2D eigenvalue weighted by Crippen LogP contribution is 2.31. The molecule has 0 aromatic heterocycles. The second-order valence-electron chi connectivity index (χ2n) is 8.22. The van der Waals surface area contributed by atoms with Crippen molar-refractivity contribution in [2.45, 2.75) is 50.5 Å². The molecule has 0 unspecified atom stereocenters. The smallest absolute Gasteiger partial charge is 0.186 e. The van der Waals surface area contributed by atoms with Gasteiger partial charge in [-0.15, -0.1) is 0 Å². The van der Waals surface area contributed by atoms with E-state index in [-0.39, 0.29) is 12.2 Å². The normalized spacial score (nSPS) is 24.7. The second-order valence-corrected chi connectivity index (χ2v) is 8.86. The lowest BCUT2D eigenvalue weighted by Gasteiger charge is -2.45. The third kappa shape index (κ3) is 6.75. The van der Waals surface area contributed by atoms with E-state index in [4.69, 9.17) is 23.7 Å². The van der Waals surface area contributed by atoms with E-state index >= 15 is 0 Å². The van der Waals surface area contributed by atoms with E-state index < -0.39 is 18.5 Å². The Morgan fingerprint density at radius 3 is 1.44 bits per heavy atom. The van der Waals surface area contributed by atoms with E-state index in [1.807, 2.05) is 78.9 Å². The molecule has 3 aromatic rings. The molecule has 3 aromatic carbocycles. The number of hydrogen-bond donors (Lipinski definition) is 0. The zero-order valence-electron chi connectivity index (χ0n) is 19.3. The Balaban J connectivity index is 1.56. The Hall–Kier alpha value is -2.06. The summed E-state index contributed by atoms with van der Waals surface area (Å²) in [6, 6.07) is 30.3. The van der Waals surface area contributed by atoms with Gasteiger partial charge in [-0.2, -0.15) is 0 Å². The van der Waals surface area contributed by atoms with E-state index in [0.29, 0.717) is 25.2 Å². The fraction of sp³-hybridized carbons (Fsp3) is 0.357. The summed E-state index contributed by atoms with van der Waals surface area (Å²) in [5.41, 5.74) is 3.25. The van der Waals surface area contributed by atoms with E-state index in [9.17, 15) is 0 Å². The van der Waals surface area contributed by atoms with Crippen LogP contribution in [-0.4, -0.2) is 43.1 Å². The standard InChI is InChI=1S/C28H31BrO5/c1-30-28-27(33-20-23-15-9-4-10-16-23)26(32-19-22-13-7-3-8-14-22)25(24(17-29)34-28)31-18-21-11-5-2-6-12-21/h2-16,24-28H,17-20H2,1H3/t24-,25-,26+,27-,28+/m1/s1. The second kappa shape index (κ2) is 13.1. The van der Waals surface area contributed by atoms with Crippen LogP contribution in [0.5, 0.6) is 0 Å². The minimum atomic E-state index is -0.580. The van der Waals surface area contributed by atoms with Crippen molar-refractivity contribution in [1.82, 2.24) is 0 Å². The molecule has 1 aliphatic rings. The Bertz CT molecular complexity index is 899. The molecule has 5 atom stereocenters. The fourth-order valence-electron chi connectivity index (χ4n) is 4.06. The van der Waals surface area contributed by atoms with Crippen LogP contribution in [0.4, 0.5) is 0 Å². The number of ether oxygens (including phenoxy) is 5. The summed E-state index contributed by atoms with van der Waals surface area (Å²) >= 11 is 3.60. The molecule has 1 fully saturated rings. The summed E-state index contributed by atoms with van der Waals surface area (Å²) in [5.74, 6) is 0. The molecule has 0 aliphatic carbocycles. The van der Waals surface area contributed by atoms with Crippen LogP contribution in [0.2, 0.25) is 0 Å². The number of halogens is 1. The Kier molecular flexibility index (Phi) is 9.68. The number of rotatable bonds is 11. The fourth-order valence-corrected chi connectivity index (χ4v) is 4.58. The lowest BCUT2D eigenvalue weighted by atomic mass is 9.98. The van der Waals surface area contributed by atoms with Crippen molar-refractivity contribution in [1.29, 1.82) is 0 Å². The molecule has 0 saturated carbocycles. The highest BCUT2D eigenvalue weighted by atomic mass is 79.9. The van der Waals surface area contributed by atoms with Crippen LogP contribution in [0.15, 0.2) is 91.0 Å². The average molecular weight is 527 g/mol. The average Bonchev–Trinajstić information content (AvgIpc) is 2.91. The molecule has 0 amide bonds. The summed E-state index contributed by atoms with van der Waals surface area (Å²) in [6.07, 6.45) is -2.05. The van der Waals surface area contributed by atoms with E-state index in [1.54, 1.807) is 7.11 Å². The van der Waals surface area contributed by atoms with Crippen LogP contribution in [0.1, 0.15) is 16.7 Å². The summed E-state index contributed by atoms with van der Waals surface area (Å²) < 4.78 is 31.3. The first kappa shape index (κ1) is 25.0. The maximum Gasteiger partial charge on any atom is 0.186 e.